The first-order valence-corrected chi connectivity index (χ1v) is 5.93. The van der Waals surface area contributed by atoms with Crippen molar-refractivity contribution >= 4 is 24.4 Å². The Balaban J connectivity index is 2.17. The number of aromatic nitrogens is 2. The van der Waals surface area contributed by atoms with Gasteiger partial charge >= 0.3 is 0 Å². The second-order valence-corrected chi connectivity index (χ2v) is 4.26. The molecule has 0 spiro atoms. The van der Waals surface area contributed by atoms with E-state index in [0.29, 0.717) is 25.4 Å². The first-order chi connectivity index (χ1) is 7.76. The summed E-state index contributed by atoms with van der Waals surface area (Å²) in [5.41, 5.74) is 0. The summed E-state index contributed by atoms with van der Waals surface area (Å²) >= 11 is 4.22. The van der Waals surface area contributed by atoms with Crippen LogP contribution in [0.5, 0.6) is 0 Å². The van der Waals surface area contributed by atoms with Gasteiger partial charge in [0.2, 0.25) is 5.91 Å². The molecule has 16 heavy (non-hydrogen) atoms. The van der Waals surface area contributed by atoms with Crippen molar-refractivity contribution in [3.63, 3.8) is 0 Å². The second kappa shape index (κ2) is 4.88. The molecule has 1 aliphatic heterocycles. The minimum Gasteiger partial charge on any atom is -0.394 e. The predicted octanol–water partition coefficient (Wildman–Crippen LogP) is 0.158. The van der Waals surface area contributed by atoms with Crippen molar-refractivity contribution in [2.45, 2.75) is 13.0 Å². The topological polar surface area (TPSA) is 58.4 Å². The normalized spacial score (nSPS) is 20.8. The van der Waals surface area contributed by atoms with Crippen LogP contribution in [0.2, 0.25) is 0 Å². The smallest absolute Gasteiger partial charge is 0.228 e. The Morgan fingerprint density at radius 1 is 1.62 bits per heavy atom. The van der Waals surface area contributed by atoms with Crippen molar-refractivity contribution in [1.29, 1.82) is 0 Å². The molecule has 0 bridgehead atoms. The summed E-state index contributed by atoms with van der Waals surface area (Å²) in [5.74, 6) is 1.91. The molecule has 2 rings (SSSR count). The Hall–Kier alpha value is -1.01. The number of thiol groups is 1. The Morgan fingerprint density at radius 3 is 3.06 bits per heavy atom. The molecule has 1 unspecified atom stereocenters. The van der Waals surface area contributed by atoms with Gasteiger partial charge in [0.15, 0.2) is 0 Å². The predicted molar refractivity (Wildman–Crippen MR) is 63.6 cm³/mol. The first-order valence-electron chi connectivity index (χ1n) is 5.30. The maximum atomic E-state index is 11.8. The number of amides is 1. The van der Waals surface area contributed by atoms with Crippen LogP contribution in [-0.4, -0.2) is 39.7 Å². The third-order valence-electron chi connectivity index (χ3n) is 2.75. The van der Waals surface area contributed by atoms with Crippen LogP contribution in [0.25, 0.3) is 0 Å². The van der Waals surface area contributed by atoms with Crippen molar-refractivity contribution in [2.24, 2.45) is 5.92 Å². The van der Waals surface area contributed by atoms with Crippen LogP contribution >= 0.6 is 12.6 Å². The minimum absolute atomic E-state index is 0.0205. The molecular weight excluding hydrogens is 226 g/mol. The molecule has 88 valence electrons. The van der Waals surface area contributed by atoms with Crippen LogP contribution in [0.3, 0.4) is 0 Å². The minimum atomic E-state index is 0.0205. The molecule has 1 aliphatic rings. The van der Waals surface area contributed by atoms with E-state index in [4.69, 9.17) is 5.11 Å². The van der Waals surface area contributed by atoms with Gasteiger partial charge in [-0.25, -0.2) is 4.68 Å². The number of hydrogen-bond acceptors (Lipinski definition) is 4. The van der Waals surface area contributed by atoms with Crippen LogP contribution in [0, 0.1) is 5.92 Å². The molecule has 1 atom stereocenters. The molecule has 5 nitrogen and oxygen atoms in total. The standard InChI is InChI=1S/C10H15N3O2S/c14-4-3-13-9(1-2-11-13)12-6-8(7-16)5-10(12)15/h1-2,8,14,16H,3-7H2. The van der Waals surface area contributed by atoms with Gasteiger partial charge in [0.1, 0.15) is 5.82 Å². The molecule has 1 saturated heterocycles. The number of aliphatic hydroxyl groups is 1. The maximum Gasteiger partial charge on any atom is 0.228 e. The highest BCUT2D eigenvalue weighted by atomic mass is 32.1. The number of nitrogens with zero attached hydrogens (tertiary/aromatic N) is 3. The molecule has 1 fully saturated rings. The van der Waals surface area contributed by atoms with Crippen LogP contribution < -0.4 is 4.90 Å². The van der Waals surface area contributed by atoms with Crippen LogP contribution in [0.15, 0.2) is 12.3 Å². The summed E-state index contributed by atoms with van der Waals surface area (Å²) in [4.78, 5) is 13.5. The molecule has 0 aliphatic carbocycles. The van der Waals surface area contributed by atoms with Crippen molar-refractivity contribution in [1.82, 2.24) is 9.78 Å². The lowest BCUT2D eigenvalue weighted by Gasteiger charge is -2.17. The molecule has 6 heteroatoms. The van der Waals surface area contributed by atoms with Crippen LogP contribution in [0.4, 0.5) is 5.82 Å². The van der Waals surface area contributed by atoms with Crippen molar-refractivity contribution in [3.05, 3.63) is 12.3 Å². The van der Waals surface area contributed by atoms with Gasteiger partial charge < -0.3 is 5.11 Å². The Morgan fingerprint density at radius 2 is 2.44 bits per heavy atom. The highest BCUT2D eigenvalue weighted by Crippen LogP contribution is 2.25. The zero-order valence-electron chi connectivity index (χ0n) is 8.91. The van der Waals surface area contributed by atoms with E-state index in [1.54, 1.807) is 21.8 Å². The highest BCUT2D eigenvalue weighted by molar-refractivity contribution is 7.80. The molecule has 1 N–H and O–H groups in total. The van der Waals surface area contributed by atoms with Gasteiger partial charge in [-0.15, -0.1) is 0 Å². The number of aliphatic hydroxyl groups excluding tert-OH is 1. The van der Waals surface area contributed by atoms with E-state index in [2.05, 4.69) is 17.7 Å². The molecule has 0 saturated carbocycles. The fourth-order valence-corrected chi connectivity index (χ4v) is 2.19. The fourth-order valence-electron chi connectivity index (χ4n) is 1.95. The zero-order chi connectivity index (χ0) is 11.5. The molecule has 1 amide bonds. The second-order valence-electron chi connectivity index (χ2n) is 3.89. The average molecular weight is 241 g/mol. The van der Waals surface area contributed by atoms with Gasteiger partial charge in [-0.2, -0.15) is 17.7 Å². The molecule has 1 aromatic rings. The third kappa shape index (κ3) is 2.08. The van der Waals surface area contributed by atoms with Gasteiger partial charge in [0.05, 0.1) is 19.3 Å². The molecule has 2 heterocycles. The van der Waals surface area contributed by atoms with E-state index >= 15 is 0 Å². The van der Waals surface area contributed by atoms with Gasteiger partial charge in [0.25, 0.3) is 0 Å². The molecule has 0 radical (unpaired) electrons. The lowest BCUT2D eigenvalue weighted by atomic mass is 10.1. The van der Waals surface area contributed by atoms with Gasteiger partial charge in [-0.05, 0) is 11.7 Å². The van der Waals surface area contributed by atoms with E-state index in [-0.39, 0.29) is 12.5 Å². The quantitative estimate of drug-likeness (QED) is 0.738. The van der Waals surface area contributed by atoms with E-state index in [1.165, 1.54) is 0 Å². The summed E-state index contributed by atoms with van der Waals surface area (Å²) in [7, 11) is 0. The number of anilines is 1. The number of carbonyl (C=O) groups is 1. The van der Waals surface area contributed by atoms with E-state index in [0.717, 1.165) is 11.6 Å². The maximum absolute atomic E-state index is 11.8. The summed E-state index contributed by atoms with van der Waals surface area (Å²) in [6, 6.07) is 1.80. The van der Waals surface area contributed by atoms with Gasteiger partial charge in [0, 0.05) is 19.0 Å². The zero-order valence-corrected chi connectivity index (χ0v) is 9.81. The van der Waals surface area contributed by atoms with Crippen LogP contribution in [0.1, 0.15) is 6.42 Å². The van der Waals surface area contributed by atoms with E-state index < -0.39 is 0 Å². The monoisotopic (exact) mass is 241 g/mol. The summed E-state index contributed by atoms with van der Waals surface area (Å²) in [5, 5.41) is 13.0. The molecular formula is C10H15N3O2S. The summed E-state index contributed by atoms with van der Waals surface area (Å²) < 4.78 is 1.65. The Bertz CT molecular complexity index is 380. The third-order valence-corrected chi connectivity index (χ3v) is 3.26. The molecule has 1 aromatic heterocycles. The summed E-state index contributed by atoms with van der Waals surface area (Å²) in [6.45, 7) is 1.13. The lowest BCUT2D eigenvalue weighted by molar-refractivity contribution is -0.117. The highest BCUT2D eigenvalue weighted by Gasteiger charge is 2.31. The number of carbonyl (C=O) groups excluding carboxylic acids is 1. The average Bonchev–Trinajstić information content (AvgIpc) is 2.85. The van der Waals surface area contributed by atoms with Gasteiger partial charge in [-0.3, -0.25) is 9.69 Å². The Labute approximate surface area is 99.5 Å². The largest absolute Gasteiger partial charge is 0.394 e. The van der Waals surface area contributed by atoms with Gasteiger partial charge in [-0.1, -0.05) is 0 Å². The SMILES string of the molecule is O=C1CC(CS)CN1c1ccnn1CCO. The van der Waals surface area contributed by atoms with Crippen LogP contribution in [-0.2, 0) is 11.3 Å². The Kier molecular flexibility index (Phi) is 3.50. The van der Waals surface area contributed by atoms with E-state index in [1.807, 2.05) is 0 Å². The van der Waals surface area contributed by atoms with Crippen molar-refractivity contribution in [2.75, 3.05) is 23.8 Å². The van der Waals surface area contributed by atoms with Crippen molar-refractivity contribution < 1.29 is 9.90 Å². The summed E-state index contributed by atoms with van der Waals surface area (Å²) in [6.07, 6.45) is 2.19. The molecule has 0 aromatic carbocycles. The number of hydrogen-bond donors (Lipinski definition) is 2. The first kappa shape index (κ1) is 11.5. The van der Waals surface area contributed by atoms with Crippen molar-refractivity contribution in [3.8, 4) is 0 Å². The number of rotatable bonds is 4. The van der Waals surface area contributed by atoms with E-state index in [9.17, 15) is 4.79 Å². The lowest BCUT2D eigenvalue weighted by Crippen LogP contribution is -2.27. The fraction of sp³-hybridized carbons (Fsp3) is 0.600.